The molecule has 1 aliphatic heterocycles. The minimum absolute atomic E-state index is 0.0900. The van der Waals surface area contributed by atoms with Gasteiger partial charge in [-0.25, -0.2) is 4.39 Å². The standard InChI is InChI=1S/C23H26FNO2/c1-6-11-27-15(2)20-14-23(3,4)25-21-9-7-16(12-19(20)21)18-13-17(24)8-10-22(18)26-5/h6-10,12-15,25H,1,11H2,2-5H3/t15-/m1/s1. The Hall–Kier alpha value is -2.59. The number of halogens is 1. The van der Waals surface area contributed by atoms with Gasteiger partial charge in [-0.2, -0.15) is 0 Å². The number of hydrogen-bond acceptors (Lipinski definition) is 3. The maximum Gasteiger partial charge on any atom is 0.126 e. The van der Waals surface area contributed by atoms with Gasteiger partial charge >= 0.3 is 0 Å². The van der Waals surface area contributed by atoms with Crippen LogP contribution in [-0.4, -0.2) is 25.4 Å². The fraction of sp³-hybridized carbons (Fsp3) is 0.304. The number of ether oxygens (including phenoxy) is 2. The van der Waals surface area contributed by atoms with Crippen LogP contribution in [0.15, 0.2) is 55.1 Å². The van der Waals surface area contributed by atoms with Crippen molar-refractivity contribution in [1.29, 1.82) is 0 Å². The second kappa shape index (κ2) is 7.57. The van der Waals surface area contributed by atoms with Gasteiger partial charge in [-0.05, 0) is 62.2 Å². The molecule has 0 amide bonds. The largest absolute Gasteiger partial charge is 0.496 e. The van der Waals surface area contributed by atoms with Crippen LogP contribution in [0.2, 0.25) is 0 Å². The summed E-state index contributed by atoms with van der Waals surface area (Å²) in [5, 5.41) is 3.54. The van der Waals surface area contributed by atoms with E-state index in [0.717, 1.165) is 28.0 Å². The zero-order valence-corrected chi connectivity index (χ0v) is 16.3. The Morgan fingerprint density at radius 3 is 2.67 bits per heavy atom. The molecule has 1 heterocycles. The van der Waals surface area contributed by atoms with Crippen molar-refractivity contribution in [1.82, 2.24) is 0 Å². The van der Waals surface area contributed by atoms with Crippen molar-refractivity contribution >= 4 is 11.3 Å². The third-order valence-electron chi connectivity index (χ3n) is 4.68. The number of anilines is 1. The molecule has 4 heteroatoms. The van der Waals surface area contributed by atoms with Crippen LogP contribution in [0.1, 0.15) is 26.3 Å². The number of hydrogen-bond donors (Lipinski definition) is 1. The van der Waals surface area contributed by atoms with Gasteiger partial charge < -0.3 is 14.8 Å². The average molecular weight is 367 g/mol. The van der Waals surface area contributed by atoms with Crippen molar-refractivity contribution in [2.24, 2.45) is 0 Å². The van der Waals surface area contributed by atoms with E-state index in [2.05, 4.69) is 37.9 Å². The van der Waals surface area contributed by atoms with Gasteiger partial charge in [-0.1, -0.05) is 18.2 Å². The molecule has 3 nitrogen and oxygen atoms in total. The van der Waals surface area contributed by atoms with Crippen molar-refractivity contribution in [2.45, 2.75) is 32.4 Å². The first-order valence-electron chi connectivity index (χ1n) is 9.06. The van der Waals surface area contributed by atoms with E-state index in [1.807, 2.05) is 19.1 Å². The highest BCUT2D eigenvalue weighted by Crippen LogP contribution is 2.40. The SMILES string of the molecule is C=CCO[C@H](C)C1=CC(C)(C)Nc2ccc(-c3cc(F)ccc3OC)cc21. The van der Waals surface area contributed by atoms with Crippen LogP contribution in [0, 0.1) is 5.82 Å². The Morgan fingerprint density at radius 2 is 1.96 bits per heavy atom. The Balaban J connectivity index is 2.10. The van der Waals surface area contributed by atoms with Crippen LogP contribution in [0.5, 0.6) is 5.75 Å². The van der Waals surface area contributed by atoms with Gasteiger partial charge in [0.2, 0.25) is 0 Å². The molecule has 0 spiro atoms. The molecule has 0 radical (unpaired) electrons. The summed E-state index contributed by atoms with van der Waals surface area (Å²) in [5.74, 6) is 0.350. The van der Waals surface area contributed by atoms with E-state index >= 15 is 0 Å². The smallest absolute Gasteiger partial charge is 0.126 e. The molecule has 0 bridgehead atoms. The van der Waals surface area contributed by atoms with Crippen LogP contribution in [0.25, 0.3) is 16.7 Å². The van der Waals surface area contributed by atoms with Crippen molar-refractivity contribution in [2.75, 3.05) is 19.0 Å². The minimum atomic E-state index is -0.291. The molecule has 0 fully saturated rings. The minimum Gasteiger partial charge on any atom is -0.496 e. The fourth-order valence-corrected chi connectivity index (χ4v) is 3.45. The molecule has 142 valence electrons. The second-order valence-electron chi connectivity index (χ2n) is 7.32. The van der Waals surface area contributed by atoms with Gasteiger partial charge in [-0.3, -0.25) is 0 Å². The van der Waals surface area contributed by atoms with Gasteiger partial charge in [0.25, 0.3) is 0 Å². The summed E-state index contributed by atoms with van der Waals surface area (Å²) in [5.41, 5.74) is 4.62. The molecule has 1 N–H and O–H groups in total. The molecular formula is C23H26FNO2. The topological polar surface area (TPSA) is 30.5 Å². The van der Waals surface area contributed by atoms with E-state index in [-0.39, 0.29) is 17.5 Å². The first-order valence-corrected chi connectivity index (χ1v) is 9.06. The maximum absolute atomic E-state index is 13.8. The first-order chi connectivity index (χ1) is 12.8. The van der Waals surface area contributed by atoms with Crippen molar-refractivity contribution in [3.8, 4) is 16.9 Å². The van der Waals surface area contributed by atoms with Crippen LogP contribution in [0.3, 0.4) is 0 Å². The van der Waals surface area contributed by atoms with E-state index < -0.39 is 0 Å². The fourth-order valence-electron chi connectivity index (χ4n) is 3.45. The van der Waals surface area contributed by atoms with Crippen LogP contribution >= 0.6 is 0 Å². The molecular weight excluding hydrogens is 341 g/mol. The highest BCUT2D eigenvalue weighted by molar-refractivity contribution is 5.86. The molecule has 0 aliphatic carbocycles. The molecule has 27 heavy (non-hydrogen) atoms. The molecule has 0 unspecified atom stereocenters. The summed E-state index contributed by atoms with van der Waals surface area (Å²) in [6, 6.07) is 10.6. The Labute approximate surface area is 160 Å². The van der Waals surface area contributed by atoms with Gasteiger partial charge in [0.15, 0.2) is 0 Å². The number of nitrogens with one attached hydrogen (secondary N) is 1. The van der Waals surface area contributed by atoms with Gasteiger partial charge in [-0.15, -0.1) is 6.58 Å². The van der Waals surface area contributed by atoms with E-state index in [1.165, 1.54) is 12.1 Å². The lowest BCUT2D eigenvalue weighted by Crippen LogP contribution is -2.33. The third-order valence-corrected chi connectivity index (χ3v) is 4.68. The highest BCUT2D eigenvalue weighted by Gasteiger charge is 2.27. The van der Waals surface area contributed by atoms with E-state index in [0.29, 0.717) is 12.4 Å². The lowest BCUT2D eigenvalue weighted by atomic mass is 9.86. The summed E-state index contributed by atoms with van der Waals surface area (Å²) < 4.78 is 25.2. The molecule has 0 saturated heterocycles. The van der Waals surface area contributed by atoms with Crippen molar-refractivity contribution in [3.63, 3.8) is 0 Å². The average Bonchev–Trinajstić information content (AvgIpc) is 2.64. The lowest BCUT2D eigenvalue weighted by molar-refractivity contribution is 0.129. The molecule has 2 aromatic rings. The highest BCUT2D eigenvalue weighted by atomic mass is 19.1. The third kappa shape index (κ3) is 4.06. The molecule has 0 saturated carbocycles. The molecule has 1 aliphatic rings. The molecule has 1 atom stereocenters. The van der Waals surface area contributed by atoms with E-state index in [9.17, 15) is 4.39 Å². The lowest BCUT2D eigenvalue weighted by Gasteiger charge is -2.34. The normalized spacial score (nSPS) is 16.0. The summed E-state index contributed by atoms with van der Waals surface area (Å²) >= 11 is 0. The molecule has 3 rings (SSSR count). The quantitative estimate of drug-likeness (QED) is 0.666. The number of benzene rings is 2. The predicted octanol–water partition coefficient (Wildman–Crippen LogP) is 5.68. The van der Waals surface area contributed by atoms with Crippen molar-refractivity contribution < 1.29 is 13.9 Å². The Bertz CT molecular complexity index is 886. The molecule has 2 aromatic carbocycles. The summed E-state index contributed by atoms with van der Waals surface area (Å²) in [7, 11) is 1.59. The van der Waals surface area contributed by atoms with E-state index in [1.54, 1.807) is 19.3 Å². The summed E-state index contributed by atoms with van der Waals surface area (Å²) in [6.45, 7) is 10.5. The Morgan fingerprint density at radius 1 is 1.19 bits per heavy atom. The zero-order valence-electron chi connectivity index (χ0n) is 16.3. The van der Waals surface area contributed by atoms with Gasteiger partial charge in [0, 0.05) is 16.8 Å². The van der Waals surface area contributed by atoms with Gasteiger partial charge in [0.05, 0.1) is 25.4 Å². The number of fused-ring (bicyclic) bond motifs is 1. The Kier molecular flexibility index (Phi) is 5.38. The maximum atomic E-state index is 13.8. The number of rotatable bonds is 6. The summed E-state index contributed by atoms with van der Waals surface area (Å²) in [4.78, 5) is 0. The summed E-state index contributed by atoms with van der Waals surface area (Å²) in [6.07, 6.45) is 3.85. The predicted molar refractivity (Wildman–Crippen MR) is 110 cm³/mol. The molecule has 0 aromatic heterocycles. The van der Waals surface area contributed by atoms with E-state index in [4.69, 9.17) is 9.47 Å². The monoisotopic (exact) mass is 367 g/mol. The zero-order chi connectivity index (χ0) is 19.6. The van der Waals surface area contributed by atoms with Gasteiger partial charge in [0.1, 0.15) is 11.6 Å². The van der Waals surface area contributed by atoms with Crippen LogP contribution < -0.4 is 10.1 Å². The van der Waals surface area contributed by atoms with Crippen molar-refractivity contribution in [3.05, 3.63) is 66.5 Å². The number of methoxy groups -OCH3 is 1. The second-order valence-corrected chi connectivity index (χ2v) is 7.32. The first kappa shape index (κ1) is 19.2. The van der Waals surface area contributed by atoms with Crippen LogP contribution in [0.4, 0.5) is 10.1 Å². The van der Waals surface area contributed by atoms with Crippen LogP contribution in [-0.2, 0) is 4.74 Å².